The van der Waals surface area contributed by atoms with Crippen LogP contribution in [0, 0.1) is 0 Å². The van der Waals surface area contributed by atoms with Crippen molar-refractivity contribution in [2.24, 2.45) is 0 Å². The van der Waals surface area contributed by atoms with Crippen LogP contribution in [0.1, 0.15) is 21.7 Å². The number of carbonyl (C=O) groups is 1. The lowest BCUT2D eigenvalue weighted by Crippen LogP contribution is -2.25. The average molecular weight is 356 g/mol. The Balaban J connectivity index is 1.84. The second-order valence-electron chi connectivity index (χ2n) is 5.24. The summed E-state index contributed by atoms with van der Waals surface area (Å²) in [6.07, 6.45) is 0.720. The van der Waals surface area contributed by atoms with E-state index in [1.165, 1.54) is 12.1 Å². The number of nitrogens with one attached hydrogen (secondary N) is 3. The van der Waals surface area contributed by atoms with Crippen LogP contribution in [0.5, 0.6) is 0 Å². The Kier molecular flexibility index (Phi) is 4.33. The van der Waals surface area contributed by atoms with Crippen molar-refractivity contribution in [2.75, 3.05) is 11.9 Å². The number of alkyl halides is 2. The minimum absolute atomic E-state index is 0.0993. The highest BCUT2D eigenvalue weighted by atomic mass is 32.2. The van der Waals surface area contributed by atoms with E-state index in [1.807, 2.05) is 0 Å². The molecule has 2 aromatic rings. The number of sulfone groups is 1. The van der Waals surface area contributed by atoms with Gasteiger partial charge in [-0.2, -0.15) is 13.9 Å². The molecule has 0 bridgehead atoms. The molecule has 1 aromatic heterocycles. The number of halogens is 2. The van der Waals surface area contributed by atoms with Gasteiger partial charge in [0, 0.05) is 36.5 Å². The van der Waals surface area contributed by atoms with Crippen LogP contribution >= 0.6 is 0 Å². The number of fused-ring (bicyclic) bond motifs is 1. The number of aromatic amines is 1. The van der Waals surface area contributed by atoms with E-state index in [-0.39, 0.29) is 11.4 Å². The molecular formula is C14H14F2N4O3S. The number of hydrogen-bond acceptors (Lipinski definition) is 5. The molecule has 0 saturated carbocycles. The van der Waals surface area contributed by atoms with Gasteiger partial charge in [-0.05, 0) is 18.2 Å². The van der Waals surface area contributed by atoms with E-state index in [0.717, 1.165) is 36.4 Å². The van der Waals surface area contributed by atoms with Crippen molar-refractivity contribution in [3.63, 3.8) is 0 Å². The Labute approximate surface area is 136 Å². The van der Waals surface area contributed by atoms with Gasteiger partial charge in [0.1, 0.15) is 0 Å². The van der Waals surface area contributed by atoms with E-state index in [0.29, 0.717) is 6.54 Å². The molecule has 0 atom stereocenters. The van der Waals surface area contributed by atoms with E-state index in [2.05, 4.69) is 20.8 Å². The molecule has 3 N–H and O–H groups in total. The normalized spacial score (nSPS) is 14.5. The zero-order valence-electron chi connectivity index (χ0n) is 12.3. The van der Waals surface area contributed by atoms with Crippen molar-refractivity contribution in [1.82, 2.24) is 15.5 Å². The molecule has 24 heavy (non-hydrogen) atoms. The number of carbonyl (C=O) groups excluding carboxylic acids is 1. The summed E-state index contributed by atoms with van der Waals surface area (Å²) in [5.74, 6) is -4.06. The molecule has 3 rings (SSSR count). The summed E-state index contributed by atoms with van der Waals surface area (Å²) in [4.78, 5) is 11.8. The van der Waals surface area contributed by atoms with Crippen molar-refractivity contribution in [3.8, 4) is 0 Å². The Bertz CT molecular complexity index is 880. The van der Waals surface area contributed by atoms with Gasteiger partial charge in [0.25, 0.3) is 5.91 Å². The summed E-state index contributed by atoms with van der Waals surface area (Å²) in [6.45, 7) is 1.28. The summed E-state index contributed by atoms with van der Waals surface area (Å²) < 4.78 is 48.2. The number of benzene rings is 1. The SMILES string of the molecule is O=C(Nc1cccc(S(=O)(=O)C(F)F)c1)c1n[nH]c2c1CNCC2. The monoisotopic (exact) mass is 356 g/mol. The van der Waals surface area contributed by atoms with Crippen LogP contribution in [-0.4, -0.2) is 36.8 Å². The zero-order chi connectivity index (χ0) is 17.3. The maximum Gasteiger partial charge on any atom is 0.341 e. The largest absolute Gasteiger partial charge is 0.341 e. The number of amides is 1. The summed E-state index contributed by atoms with van der Waals surface area (Å²) in [6, 6.07) is 4.75. The van der Waals surface area contributed by atoms with Crippen LogP contribution in [0.2, 0.25) is 0 Å². The molecule has 10 heteroatoms. The molecule has 1 amide bonds. The van der Waals surface area contributed by atoms with E-state index >= 15 is 0 Å². The minimum Gasteiger partial charge on any atom is -0.321 e. The lowest BCUT2D eigenvalue weighted by molar-refractivity contribution is 0.102. The second kappa shape index (κ2) is 6.29. The Hall–Kier alpha value is -2.33. The first-order chi connectivity index (χ1) is 11.4. The molecule has 7 nitrogen and oxygen atoms in total. The first-order valence-electron chi connectivity index (χ1n) is 7.10. The number of H-pyrrole nitrogens is 1. The van der Waals surface area contributed by atoms with Gasteiger partial charge >= 0.3 is 5.76 Å². The van der Waals surface area contributed by atoms with Gasteiger partial charge < -0.3 is 10.6 Å². The van der Waals surface area contributed by atoms with Crippen LogP contribution in [-0.2, 0) is 22.8 Å². The highest BCUT2D eigenvalue weighted by Crippen LogP contribution is 2.22. The first-order valence-corrected chi connectivity index (χ1v) is 8.64. The van der Waals surface area contributed by atoms with Crippen LogP contribution < -0.4 is 10.6 Å². The van der Waals surface area contributed by atoms with Crippen LogP contribution in [0.4, 0.5) is 14.5 Å². The Morgan fingerprint density at radius 1 is 1.33 bits per heavy atom. The van der Waals surface area contributed by atoms with Crippen LogP contribution in [0.25, 0.3) is 0 Å². The molecule has 1 aliphatic rings. The van der Waals surface area contributed by atoms with Gasteiger partial charge in [-0.25, -0.2) is 8.42 Å². The van der Waals surface area contributed by atoms with E-state index in [9.17, 15) is 22.0 Å². The van der Waals surface area contributed by atoms with Gasteiger partial charge in [0.2, 0.25) is 9.84 Å². The third-order valence-corrected chi connectivity index (χ3v) is 5.06. The molecule has 0 fully saturated rings. The topological polar surface area (TPSA) is 104 Å². The van der Waals surface area contributed by atoms with Crippen molar-refractivity contribution < 1.29 is 22.0 Å². The molecular weight excluding hydrogens is 342 g/mol. The molecule has 128 valence electrons. The number of nitrogens with zero attached hydrogens (tertiary/aromatic N) is 1. The van der Waals surface area contributed by atoms with Crippen LogP contribution in [0.15, 0.2) is 29.2 Å². The average Bonchev–Trinajstić information content (AvgIpc) is 2.99. The standard InChI is InChI=1S/C14H14F2N4O3S/c15-14(16)24(22,23)9-3-1-2-8(6-9)18-13(21)12-10-7-17-5-4-11(10)19-20-12/h1-3,6,14,17H,4-5,7H2,(H,18,21)(H,19,20). The van der Waals surface area contributed by atoms with Crippen molar-refractivity contribution in [1.29, 1.82) is 0 Å². The molecule has 0 saturated heterocycles. The number of hydrogen-bond donors (Lipinski definition) is 3. The van der Waals surface area contributed by atoms with Crippen LogP contribution in [0.3, 0.4) is 0 Å². The van der Waals surface area contributed by atoms with Gasteiger partial charge in [-0.1, -0.05) is 6.07 Å². The summed E-state index contributed by atoms with van der Waals surface area (Å²) in [7, 11) is -4.72. The van der Waals surface area contributed by atoms with Crippen molar-refractivity contribution in [2.45, 2.75) is 23.6 Å². The lowest BCUT2D eigenvalue weighted by atomic mass is 10.1. The molecule has 0 aliphatic carbocycles. The molecule has 0 unspecified atom stereocenters. The fourth-order valence-electron chi connectivity index (χ4n) is 2.46. The van der Waals surface area contributed by atoms with Gasteiger partial charge in [0.15, 0.2) is 5.69 Å². The highest BCUT2D eigenvalue weighted by molar-refractivity contribution is 7.91. The molecule has 1 aromatic carbocycles. The van der Waals surface area contributed by atoms with Gasteiger partial charge in [-0.3, -0.25) is 9.89 Å². The van der Waals surface area contributed by atoms with Gasteiger partial charge in [0.05, 0.1) is 4.90 Å². The maximum atomic E-state index is 12.6. The summed E-state index contributed by atoms with van der Waals surface area (Å²) >= 11 is 0. The molecule has 2 heterocycles. The predicted molar refractivity (Wildman–Crippen MR) is 81.6 cm³/mol. The number of aromatic nitrogens is 2. The first kappa shape index (κ1) is 16.5. The molecule has 0 radical (unpaired) electrons. The fraction of sp³-hybridized carbons (Fsp3) is 0.286. The third kappa shape index (κ3) is 3.02. The maximum absolute atomic E-state index is 12.6. The number of rotatable bonds is 4. The minimum atomic E-state index is -4.72. The predicted octanol–water partition coefficient (Wildman–Crippen LogP) is 1.30. The smallest absolute Gasteiger partial charge is 0.321 e. The van der Waals surface area contributed by atoms with Crippen molar-refractivity contribution in [3.05, 3.63) is 41.2 Å². The quantitative estimate of drug-likeness (QED) is 0.766. The van der Waals surface area contributed by atoms with Gasteiger partial charge in [-0.15, -0.1) is 0 Å². The Morgan fingerprint density at radius 3 is 2.88 bits per heavy atom. The third-order valence-electron chi connectivity index (χ3n) is 3.68. The fourth-order valence-corrected chi connectivity index (χ4v) is 3.22. The summed E-state index contributed by atoms with van der Waals surface area (Å²) in [5.41, 5.74) is 1.91. The summed E-state index contributed by atoms with van der Waals surface area (Å²) in [5, 5.41) is 12.4. The number of anilines is 1. The molecule has 0 spiro atoms. The lowest BCUT2D eigenvalue weighted by Gasteiger charge is -2.13. The second-order valence-corrected chi connectivity index (χ2v) is 7.16. The molecule has 1 aliphatic heterocycles. The Morgan fingerprint density at radius 2 is 2.12 bits per heavy atom. The zero-order valence-corrected chi connectivity index (χ0v) is 13.2. The van der Waals surface area contributed by atoms with E-state index in [1.54, 1.807) is 0 Å². The van der Waals surface area contributed by atoms with E-state index in [4.69, 9.17) is 0 Å². The highest BCUT2D eigenvalue weighted by Gasteiger charge is 2.27. The van der Waals surface area contributed by atoms with E-state index < -0.39 is 26.4 Å². The van der Waals surface area contributed by atoms with Crippen molar-refractivity contribution >= 4 is 21.4 Å².